The minimum Gasteiger partial charge on any atom is -0.444 e. The molecule has 5 rings (SSSR count). The number of fused-ring (bicyclic) bond motifs is 2. The molecule has 36 heavy (non-hydrogen) atoms. The standard InChI is InChI=1S/C26H30Cl2N2O5S/c27-19-6-4-18(5-7-19)26(32)14-16-29(17-15-26)25(31)35-24-13-10-21-2-1-3-23(24)30(21)36(33,34)22-11-8-20(28)9-12-22/h4-9,11-12,21,23-24,32H,1-3,10,13-17H2/t21?,23?,24-/m0/s1. The van der Waals surface area contributed by atoms with E-state index in [9.17, 15) is 18.3 Å². The highest BCUT2D eigenvalue weighted by atomic mass is 35.5. The average Bonchev–Trinajstić information content (AvgIpc) is 2.86. The van der Waals surface area contributed by atoms with Crippen LogP contribution in [0.25, 0.3) is 0 Å². The molecule has 2 aromatic carbocycles. The zero-order chi connectivity index (χ0) is 25.5. The molecule has 1 N–H and O–H groups in total. The number of hydrogen-bond donors (Lipinski definition) is 1. The van der Waals surface area contributed by atoms with E-state index in [4.69, 9.17) is 27.9 Å². The van der Waals surface area contributed by atoms with Crippen molar-refractivity contribution in [1.82, 2.24) is 9.21 Å². The van der Waals surface area contributed by atoms with Crippen molar-refractivity contribution in [3.63, 3.8) is 0 Å². The van der Waals surface area contributed by atoms with Crippen LogP contribution in [-0.4, -0.2) is 60.1 Å². The topological polar surface area (TPSA) is 87.2 Å². The van der Waals surface area contributed by atoms with Crippen molar-refractivity contribution < 1.29 is 23.1 Å². The molecule has 2 unspecified atom stereocenters. The Bertz CT molecular complexity index is 1200. The monoisotopic (exact) mass is 552 g/mol. The number of carbonyl (C=O) groups is 1. The summed E-state index contributed by atoms with van der Waals surface area (Å²) in [5, 5.41) is 12.2. The Morgan fingerprint density at radius 3 is 2.17 bits per heavy atom. The molecule has 0 spiro atoms. The number of benzene rings is 2. The maximum absolute atomic E-state index is 13.6. The maximum Gasteiger partial charge on any atom is 0.410 e. The maximum atomic E-state index is 13.6. The van der Waals surface area contributed by atoms with Gasteiger partial charge in [-0.25, -0.2) is 13.2 Å². The van der Waals surface area contributed by atoms with Gasteiger partial charge in [0.1, 0.15) is 6.10 Å². The van der Waals surface area contributed by atoms with E-state index in [-0.39, 0.29) is 10.9 Å². The molecule has 3 aliphatic rings. The van der Waals surface area contributed by atoms with Crippen LogP contribution < -0.4 is 0 Å². The molecular weight excluding hydrogens is 523 g/mol. The molecule has 0 aliphatic carbocycles. The van der Waals surface area contributed by atoms with E-state index in [1.165, 1.54) is 12.1 Å². The van der Waals surface area contributed by atoms with Crippen molar-refractivity contribution in [2.24, 2.45) is 0 Å². The lowest BCUT2D eigenvalue weighted by Crippen LogP contribution is -2.59. The summed E-state index contributed by atoms with van der Waals surface area (Å²) in [5.74, 6) is 0. The average molecular weight is 554 g/mol. The molecule has 3 atom stereocenters. The van der Waals surface area contributed by atoms with Gasteiger partial charge in [0.05, 0.1) is 16.5 Å². The van der Waals surface area contributed by atoms with Gasteiger partial charge >= 0.3 is 6.09 Å². The number of rotatable bonds is 4. The summed E-state index contributed by atoms with van der Waals surface area (Å²) in [7, 11) is -3.75. The van der Waals surface area contributed by atoms with Crippen LogP contribution in [0.1, 0.15) is 50.5 Å². The predicted molar refractivity (Wildman–Crippen MR) is 138 cm³/mol. The molecule has 3 aliphatic heterocycles. The zero-order valence-electron chi connectivity index (χ0n) is 19.9. The van der Waals surface area contributed by atoms with Crippen molar-refractivity contribution in [3.8, 4) is 0 Å². The molecule has 7 nitrogen and oxygen atoms in total. The van der Waals surface area contributed by atoms with Gasteiger partial charge in [-0.2, -0.15) is 4.31 Å². The largest absolute Gasteiger partial charge is 0.444 e. The minimum absolute atomic E-state index is 0.0938. The second kappa shape index (κ2) is 10.1. The second-order valence-electron chi connectivity index (χ2n) is 9.97. The summed E-state index contributed by atoms with van der Waals surface area (Å²) in [5.41, 5.74) is -0.241. The quantitative estimate of drug-likeness (QED) is 0.564. The van der Waals surface area contributed by atoms with E-state index >= 15 is 0 Å². The molecule has 10 heteroatoms. The van der Waals surface area contributed by atoms with Gasteiger partial charge < -0.3 is 14.7 Å². The van der Waals surface area contributed by atoms with Crippen LogP contribution in [0.4, 0.5) is 4.79 Å². The zero-order valence-corrected chi connectivity index (χ0v) is 22.2. The normalized spacial score (nSPS) is 26.4. The molecule has 0 saturated carbocycles. The second-order valence-corrected chi connectivity index (χ2v) is 12.7. The van der Waals surface area contributed by atoms with Crippen LogP contribution in [0.5, 0.6) is 0 Å². The van der Waals surface area contributed by atoms with Gasteiger partial charge in [-0.15, -0.1) is 0 Å². The first-order valence-electron chi connectivity index (χ1n) is 12.4. The molecule has 3 fully saturated rings. The highest BCUT2D eigenvalue weighted by molar-refractivity contribution is 7.89. The number of halogens is 2. The molecule has 0 radical (unpaired) electrons. The Morgan fingerprint density at radius 1 is 0.917 bits per heavy atom. The summed E-state index contributed by atoms with van der Waals surface area (Å²) in [6, 6.07) is 12.8. The third-order valence-electron chi connectivity index (χ3n) is 7.81. The van der Waals surface area contributed by atoms with Crippen LogP contribution >= 0.6 is 23.2 Å². The minimum atomic E-state index is -3.75. The van der Waals surface area contributed by atoms with Gasteiger partial charge in [-0.1, -0.05) is 41.8 Å². The van der Waals surface area contributed by atoms with Gasteiger partial charge in [-0.05, 0) is 80.5 Å². The van der Waals surface area contributed by atoms with Crippen molar-refractivity contribution in [2.45, 2.75) is 73.6 Å². The smallest absolute Gasteiger partial charge is 0.410 e. The first kappa shape index (κ1) is 25.8. The number of likely N-dealkylation sites (tertiary alicyclic amines) is 1. The molecular formula is C26H30Cl2N2O5S. The van der Waals surface area contributed by atoms with Crippen LogP contribution in [0.15, 0.2) is 53.4 Å². The number of sulfonamides is 1. The number of amides is 1. The van der Waals surface area contributed by atoms with E-state index in [2.05, 4.69) is 0 Å². The summed E-state index contributed by atoms with van der Waals surface area (Å²) in [6.45, 7) is 0.704. The molecule has 2 bridgehead atoms. The Hall–Kier alpha value is -1.84. The number of carbonyl (C=O) groups excluding carboxylic acids is 1. The third kappa shape index (κ3) is 4.98. The Balaban J connectivity index is 1.27. The summed E-state index contributed by atoms with van der Waals surface area (Å²) in [6.07, 6.45) is 3.45. The van der Waals surface area contributed by atoms with Crippen LogP contribution in [0, 0.1) is 0 Å². The Kier molecular flexibility index (Phi) is 7.26. The summed E-state index contributed by atoms with van der Waals surface area (Å²) < 4.78 is 34.7. The molecule has 3 saturated heterocycles. The molecule has 194 valence electrons. The molecule has 0 aromatic heterocycles. The lowest BCUT2D eigenvalue weighted by atomic mass is 9.84. The van der Waals surface area contributed by atoms with Crippen LogP contribution in [0.2, 0.25) is 10.0 Å². The fourth-order valence-corrected chi connectivity index (χ4v) is 7.99. The van der Waals surface area contributed by atoms with Gasteiger partial charge in [0, 0.05) is 29.2 Å². The highest BCUT2D eigenvalue weighted by Crippen LogP contribution is 2.40. The lowest BCUT2D eigenvalue weighted by Gasteiger charge is -2.48. The van der Waals surface area contributed by atoms with Gasteiger partial charge in [0.25, 0.3) is 0 Å². The SMILES string of the molecule is O=C(O[C@H]1CCC2CCCC1N2S(=O)(=O)c1ccc(Cl)cc1)N1CCC(O)(c2ccc(Cl)cc2)CC1. The third-order valence-corrected chi connectivity index (χ3v) is 10.3. The fourth-order valence-electron chi connectivity index (χ4n) is 5.81. The van der Waals surface area contributed by atoms with Gasteiger partial charge in [0.2, 0.25) is 10.0 Å². The van der Waals surface area contributed by atoms with Crippen molar-refractivity contribution in [2.75, 3.05) is 13.1 Å². The van der Waals surface area contributed by atoms with Gasteiger partial charge in [-0.3, -0.25) is 0 Å². The number of piperidine rings is 3. The van der Waals surface area contributed by atoms with Crippen molar-refractivity contribution >= 4 is 39.3 Å². The molecule has 3 heterocycles. The first-order chi connectivity index (χ1) is 17.2. The van der Waals surface area contributed by atoms with Crippen LogP contribution in [-0.2, 0) is 20.4 Å². The number of ether oxygens (including phenoxy) is 1. The van der Waals surface area contributed by atoms with E-state index < -0.39 is 33.9 Å². The number of hydrogen-bond acceptors (Lipinski definition) is 5. The van der Waals surface area contributed by atoms with Crippen LogP contribution in [0.3, 0.4) is 0 Å². The Morgan fingerprint density at radius 2 is 1.53 bits per heavy atom. The molecule has 2 aromatic rings. The first-order valence-corrected chi connectivity index (χ1v) is 14.6. The van der Waals surface area contributed by atoms with E-state index in [1.807, 2.05) is 12.1 Å². The Labute approximate surface area is 222 Å². The number of nitrogens with zero attached hydrogens (tertiary/aromatic N) is 2. The summed E-state index contributed by atoms with van der Waals surface area (Å²) >= 11 is 11.9. The van der Waals surface area contributed by atoms with E-state index in [0.29, 0.717) is 55.2 Å². The van der Waals surface area contributed by atoms with Crippen molar-refractivity contribution in [3.05, 3.63) is 64.1 Å². The highest BCUT2D eigenvalue weighted by Gasteiger charge is 2.48. The van der Waals surface area contributed by atoms with E-state index in [0.717, 1.165) is 18.4 Å². The van der Waals surface area contributed by atoms with Crippen molar-refractivity contribution in [1.29, 1.82) is 0 Å². The lowest BCUT2D eigenvalue weighted by molar-refractivity contribution is -0.0482. The fraction of sp³-hybridized carbons (Fsp3) is 0.500. The summed E-state index contributed by atoms with van der Waals surface area (Å²) in [4.78, 5) is 14.9. The predicted octanol–water partition coefficient (Wildman–Crippen LogP) is 5.19. The molecule has 1 amide bonds. The van der Waals surface area contributed by atoms with E-state index in [1.54, 1.807) is 33.5 Å². The van der Waals surface area contributed by atoms with Gasteiger partial charge in [0.15, 0.2) is 0 Å². The number of aliphatic hydroxyl groups is 1.